The van der Waals surface area contributed by atoms with Gasteiger partial charge in [0.2, 0.25) is 5.91 Å². The fraction of sp³-hybridized carbons (Fsp3) is 0.600. The minimum absolute atomic E-state index is 0.00586. The lowest BCUT2D eigenvalue weighted by atomic mass is 9.86. The Bertz CT molecular complexity index is 694. The predicted molar refractivity (Wildman–Crippen MR) is 122 cm³/mol. The number of benzene rings is 1. The van der Waals surface area contributed by atoms with Crippen LogP contribution in [0.1, 0.15) is 96.6 Å². The Kier molecular flexibility index (Phi) is 12.0. The number of hydrogen-bond acceptors (Lipinski definition) is 3. The largest absolute Gasteiger partial charge is 0.361 e. The van der Waals surface area contributed by atoms with Gasteiger partial charge in [0, 0.05) is 29.5 Å². The first-order valence-electron chi connectivity index (χ1n) is 11.7. The van der Waals surface area contributed by atoms with Crippen LogP contribution in [0.5, 0.6) is 0 Å². The van der Waals surface area contributed by atoms with Crippen molar-refractivity contribution in [2.45, 2.75) is 92.4 Å². The van der Waals surface area contributed by atoms with Gasteiger partial charge in [-0.1, -0.05) is 71.3 Å². The fourth-order valence-electron chi connectivity index (χ4n) is 4.06. The average molecular weight is 401 g/mol. The number of anilines is 1. The molecular weight excluding hydrogens is 360 g/mol. The minimum atomic E-state index is 0.00586. The van der Waals surface area contributed by atoms with Crippen LogP contribution in [-0.4, -0.2) is 11.1 Å². The average Bonchev–Trinajstić information content (AvgIpc) is 3.45. The number of fused-ring (bicyclic) bond motifs is 1. The SMILES string of the molecule is CC.CC.CC.O=C(Nc1ccccc1)[C@H]1CCC[C@@H]1c1noc2c1CCCC2. The molecular formula is C25H40N2O2. The van der Waals surface area contributed by atoms with Crippen molar-refractivity contribution in [1.82, 2.24) is 5.16 Å². The summed E-state index contributed by atoms with van der Waals surface area (Å²) in [6.45, 7) is 12.0. The highest BCUT2D eigenvalue weighted by Gasteiger charge is 2.38. The molecule has 1 saturated carbocycles. The van der Waals surface area contributed by atoms with Crippen LogP contribution < -0.4 is 5.32 Å². The molecule has 0 aliphatic heterocycles. The summed E-state index contributed by atoms with van der Waals surface area (Å²) in [5.41, 5.74) is 3.22. The van der Waals surface area contributed by atoms with Gasteiger partial charge in [-0.3, -0.25) is 4.79 Å². The van der Waals surface area contributed by atoms with E-state index in [1.165, 1.54) is 18.4 Å². The van der Waals surface area contributed by atoms with Crippen molar-refractivity contribution in [3.05, 3.63) is 47.3 Å². The van der Waals surface area contributed by atoms with Crippen molar-refractivity contribution in [1.29, 1.82) is 0 Å². The van der Waals surface area contributed by atoms with Gasteiger partial charge in [0.1, 0.15) is 5.76 Å². The van der Waals surface area contributed by atoms with E-state index in [0.29, 0.717) is 0 Å². The quantitative estimate of drug-likeness (QED) is 0.595. The summed E-state index contributed by atoms with van der Waals surface area (Å²) in [5.74, 6) is 1.39. The molecule has 2 aliphatic rings. The normalized spacial score (nSPS) is 19.2. The number of carbonyl (C=O) groups excluding carboxylic acids is 1. The van der Waals surface area contributed by atoms with Crippen LogP contribution in [0.15, 0.2) is 34.9 Å². The van der Waals surface area contributed by atoms with E-state index < -0.39 is 0 Å². The second-order valence-electron chi connectivity index (χ2n) is 6.68. The van der Waals surface area contributed by atoms with E-state index in [2.05, 4.69) is 10.5 Å². The van der Waals surface area contributed by atoms with Crippen molar-refractivity contribution in [2.75, 3.05) is 5.32 Å². The smallest absolute Gasteiger partial charge is 0.228 e. The molecule has 1 aromatic carbocycles. The van der Waals surface area contributed by atoms with Gasteiger partial charge in [-0.05, 0) is 44.2 Å². The highest BCUT2D eigenvalue weighted by atomic mass is 16.5. The summed E-state index contributed by atoms with van der Waals surface area (Å²) in [6, 6.07) is 9.70. The third-order valence-electron chi connectivity index (χ3n) is 5.23. The van der Waals surface area contributed by atoms with Crippen LogP contribution in [-0.2, 0) is 17.6 Å². The van der Waals surface area contributed by atoms with E-state index >= 15 is 0 Å². The van der Waals surface area contributed by atoms with Gasteiger partial charge in [-0.25, -0.2) is 0 Å². The molecule has 1 aromatic heterocycles. The molecule has 29 heavy (non-hydrogen) atoms. The molecule has 2 atom stereocenters. The van der Waals surface area contributed by atoms with Crippen LogP contribution in [0.4, 0.5) is 5.69 Å². The number of aryl methyl sites for hydroxylation is 1. The molecule has 1 N–H and O–H groups in total. The lowest BCUT2D eigenvalue weighted by Gasteiger charge is -2.19. The predicted octanol–water partition coefficient (Wildman–Crippen LogP) is 7.15. The van der Waals surface area contributed by atoms with Crippen LogP contribution in [0.3, 0.4) is 0 Å². The van der Waals surface area contributed by atoms with Gasteiger partial charge in [-0.15, -0.1) is 0 Å². The Labute approximate surface area is 177 Å². The molecule has 4 heteroatoms. The first kappa shape index (κ1) is 24.9. The van der Waals surface area contributed by atoms with Gasteiger partial charge in [0.25, 0.3) is 0 Å². The molecule has 0 saturated heterocycles. The van der Waals surface area contributed by atoms with Crippen molar-refractivity contribution in [2.24, 2.45) is 5.92 Å². The number of nitrogens with zero attached hydrogens (tertiary/aromatic N) is 1. The third kappa shape index (κ3) is 6.45. The maximum absolute atomic E-state index is 12.7. The van der Waals surface area contributed by atoms with E-state index in [4.69, 9.17) is 4.52 Å². The highest BCUT2D eigenvalue weighted by Crippen LogP contribution is 2.42. The van der Waals surface area contributed by atoms with Crippen LogP contribution >= 0.6 is 0 Å². The zero-order valence-corrected chi connectivity index (χ0v) is 19.3. The number of nitrogens with one attached hydrogen (secondary N) is 1. The number of amides is 1. The molecule has 4 rings (SSSR count). The lowest BCUT2D eigenvalue weighted by molar-refractivity contribution is -0.120. The van der Waals surface area contributed by atoms with Crippen LogP contribution in [0.2, 0.25) is 0 Å². The molecule has 0 radical (unpaired) electrons. The van der Waals surface area contributed by atoms with E-state index in [0.717, 1.165) is 49.2 Å². The van der Waals surface area contributed by atoms with E-state index in [9.17, 15) is 4.79 Å². The Morgan fingerprint density at radius 3 is 2.28 bits per heavy atom. The highest BCUT2D eigenvalue weighted by molar-refractivity contribution is 5.93. The van der Waals surface area contributed by atoms with E-state index in [1.807, 2.05) is 71.9 Å². The molecule has 0 bridgehead atoms. The van der Waals surface area contributed by atoms with Crippen molar-refractivity contribution in [3.63, 3.8) is 0 Å². The summed E-state index contributed by atoms with van der Waals surface area (Å²) in [7, 11) is 0. The maximum atomic E-state index is 12.7. The van der Waals surface area contributed by atoms with Gasteiger partial charge >= 0.3 is 0 Å². The molecule has 0 spiro atoms. The molecule has 1 fully saturated rings. The Hall–Kier alpha value is -2.10. The molecule has 4 nitrogen and oxygen atoms in total. The number of carbonyl (C=O) groups is 1. The van der Waals surface area contributed by atoms with Crippen molar-refractivity contribution < 1.29 is 9.32 Å². The zero-order chi connectivity index (χ0) is 21.6. The summed E-state index contributed by atoms with van der Waals surface area (Å²) in [4.78, 5) is 12.7. The summed E-state index contributed by atoms with van der Waals surface area (Å²) < 4.78 is 5.56. The first-order chi connectivity index (χ1) is 14.3. The molecule has 2 aromatic rings. The van der Waals surface area contributed by atoms with Gasteiger partial charge in [0.05, 0.1) is 5.69 Å². The molecule has 162 valence electrons. The summed E-state index contributed by atoms with van der Waals surface area (Å²) in [6.07, 6.45) is 7.49. The fourth-order valence-corrected chi connectivity index (χ4v) is 4.06. The second-order valence-corrected chi connectivity index (χ2v) is 6.68. The maximum Gasteiger partial charge on any atom is 0.228 e. The molecule has 1 heterocycles. The standard InChI is InChI=1S/C19H22N2O2.3C2H6/c22-19(20-13-7-2-1-3-8-13)15-11-6-10-14(15)18-16-9-4-5-12-17(16)23-21-18;3*1-2/h1-3,7-8,14-15H,4-6,9-12H2,(H,20,22);3*1-2H3/t14-,15-;;;/m0.../s1. The number of para-hydroxylation sites is 1. The number of rotatable bonds is 3. The monoisotopic (exact) mass is 400 g/mol. The number of hydrogen-bond donors (Lipinski definition) is 1. The minimum Gasteiger partial charge on any atom is -0.361 e. The molecule has 0 unspecified atom stereocenters. The summed E-state index contributed by atoms with van der Waals surface area (Å²) in [5, 5.41) is 7.42. The van der Waals surface area contributed by atoms with Crippen molar-refractivity contribution in [3.8, 4) is 0 Å². The van der Waals surface area contributed by atoms with Gasteiger partial charge in [-0.2, -0.15) is 0 Å². The molecule has 2 aliphatic carbocycles. The van der Waals surface area contributed by atoms with E-state index in [-0.39, 0.29) is 17.7 Å². The molecule has 1 amide bonds. The number of aromatic nitrogens is 1. The Morgan fingerprint density at radius 2 is 1.59 bits per heavy atom. The van der Waals surface area contributed by atoms with Gasteiger partial charge in [0.15, 0.2) is 0 Å². The zero-order valence-electron chi connectivity index (χ0n) is 19.3. The van der Waals surface area contributed by atoms with Crippen molar-refractivity contribution >= 4 is 11.6 Å². The van der Waals surface area contributed by atoms with Crippen LogP contribution in [0, 0.1) is 5.92 Å². The second kappa shape index (κ2) is 14.0. The summed E-state index contributed by atoms with van der Waals surface area (Å²) >= 11 is 0. The lowest BCUT2D eigenvalue weighted by Crippen LogP contribution is -2.25. The first-order valence-corrected chi connectivity index (χ1v) is 11.7. The van der Waals surface area contributed by atoms with Crippen LogP contribution in [0.25, 0.3) is 0 Å². The Balaban J connectivity index is 0.000000644. The third-order valence-corrected chi connectivity index (χ3v) is 5.23. The van der Waals surface area contributed by atoms with Gasteiger partial charge < -0.3 is 9.84 Å². The Morgan fingerprint density at radius 1 is 0.931 bits per heavy atom. The topological polar surface area (TPSA) is 55.1 Å². The van der Waals surface area contributed by atoms with E-state index in [1.54, 1.807) is 0 Å².